The van der Waals surface area contributed by atoms with Crippen LogP contribution >= 0.6 is 0 Å². The molecular weight excluding hydrogens is 438 g/mol. The van der Waals surface area contributed by atoms with Crippen molar-refractivity contribution in [3.05, 3.63) is 102 Å². The van der Waals surface area contributed by atoms with Crippen molar-refractivity contribution in [3.8, 4) is 11.3 Å². The van der Waals surface area contributed by atoms with Gasteiger partial charge in [0.15, 0.2) is 0 Å². The maximum absolute atomic E-state index is 12.9. The molecule has 1 heterocycles. The van der Waals surface area contributed by atoms with E-state index < -0.39 is 10.0 Å². The van der Waals surface area contributed by atoms with Crippen LogP contribution in [-0.2, 0) is 16.4 Å². The second-order valence-electron chi connectivity index (χ2n) is 7.44. The highest BCUT2D eigenvalue weighted by Crippen LogP contribution is 2.26. The fraction of sp³-hybridized carbons (Fsp3) is 0.120. The van der Waals surface area contributed by atoms with Crippen molar-refractivity contribution in [2.24, 2.45) is 0 Å². The number of carbonyl (C=O) groups is 1. The molecule has 0 spiro atoms. The van der Waals surface area contributed by atoms with Crippen molar-refractivity contribution >= 4 is 21.6 Å². The van der Waals surface area contributed by atoms with E-state index in [9.17, 15) is 13.2 Å². The maximum atomic E-state index is 12.9. The molecule has 33 heavy (non-hydrogen) atoms. The van der Waals surface area contributed by atoms with Gasteiger partial charge in [0.2, 0.25) is 10.0 Å². The van der Waals surface area contributed by atoms with Gasteiger partial charge in [-0.15, -0.1) is 0 Å². The molecule has 1 aromatic heterocycles. The molecule has 0 bridgehead atoms. The minimum atomic E-state index is -3.66. The van der Waals surface area contributed by atoms with Crippen LogP contribution in [0.15, 0.2) is 94.3 Å². The Balaban J connectivity index is 1.43. The van der Waals surface area contributed by atoms with E-state index in [1.807, 2.05) is 60.7 Å². The summed E-state index contributed by atoms with van der Waals surface area (Å²) in [5.41, 5.74) is 3.07. The van der Waals surface area contributed by atoms with Gasteiger partial charge in [0.1, 0.15) is 17.0 Å². The number of aromatic nitrogens is 1. The van der Waals surface area contributed by atoms with Crippen LogP contribution in [0.5, 0.6) is 0 Å². The number of carbonyl (C=O) groups excluding carboxylic acids is 1. The normalized spacial score (nSPS) is 11.3. The summed E-state index contributed by atoms with van der Waals surface area (Å²) in [6, 6.07) is 24.9. The fourth-order valence-electron chi connectivity index (χ4n) is 3.40. The quantitative estimate of drug-likeness (QED) is 0.404. The van der Waals surface area contributed by atoms with Crippen molar-refractivity contribution in [2.75, 3.05) is 11.9 Å². The zero-order valence-electron chi connectivity index (χ0n) is 18.0. The first-order valence-electron chi connectivity index (χ1n) is 10.4. The van der Waals surface area contributed by atoms with Crippen LogP contribution in [0.3, 0.4) is 0 Å². The van der Waals surface area contributed by atoms with Crippen molar-refractivity contribution in [1.82, 2.24) is 9.88 Å². The lowest BCUT2D eigenvalue weighted by Gasteiger charge is -2.09. The Morgan fingerprint density at radius 3 is 2.21 bits per heavy atom. The third-order valence-electron chi connectivity index (χ3n) is 5.11. The highest BCUT2D eigenvalue weighted by Gasteiger charge is 2.22. The zero-order chi connectivity index (χ0) is 23.3. The number of hydrogen-bond donors (Lipinski definition) is 2. The topological polar surface area (TPSA) is 101 Å². The summed E-state index contributed by atoms with van der Waals surface area (Å²) in [6.45, 7) is 1.96. The van der Waals surface area contributed by atoms with Gasteiger partial charge < -0.3 is 9.84 Å². The first-order chi connectivity index (χ1) is 15.9. The molecule has 0 fully saturated rings. The second kappa shape index (κ2) is 9.81. The summed E-state index contributed by atoms with van der Waals surface area (Å²) in [5.74, 6) is 0.0114. The Morgan fingerprint density at radius 1 is 0.909 bits per heavy atom. The largest absolute Gasteiger partial charge is 0.360 e. The molecule has 0 saturated carbocycles. The number of hydrogen-bond acceptors (Lipinski definition) is 5. The van der Waals surface area contributed by atoms with Gasteiger partial charge in [-0.2, -0.15) is 0 Å². The Bertz CT molecular complexity index is 1330. The molecule has 0 radical (unpaired) electrons. The van der Waals surface area contributed by atoms with Gasteiger partial charge in [0.25, 0.3) is 5.91 Å². The number of rotatable bonds is 8. The van der Waals surface area contributed by atoms with E-state index in [1.165, 1.54) is 12.1 Å². The number of benzene rings is 3. The highest BCUT2D eigenvalue weighted by atomic mass is 32.2. The monoisotopic (exact) mass is 461 g/mol. The molecule has 2 N–H and O–H groups in total. The van der Waals surface area contributed by atoms with Crippen LogP contribution in [0, 0.1) is 6.92 Å². The molecule has 3 aromatic carbocycles. The minimum Gasteiger partial charge on any atom is -0.360 e. The molecule has 0 aliphatic heterocycles. The van der Waals surface area contributed by atoms with E-state index in [0.717, 1.165) is 11.1 Å². The zero-order valence-corrected chi connectivity index (χ0v) is 18.8. The Morgan fingerprint density at radius 2 is 1.55 bits per heavy atom. The lowest BCUT2D eigenvalue weighted by atomic mass is 10.1. The maximum Gasteiger partial charge on any atom is 0.261 e. The third-order valence-corrected chi connectivity index (χ3v) is 6.59. The Labute approximate surface area is 192 Å². The minimum absolute atomic E-state index is 0.125. The summed E-state index contributed by atoms with van der Waals surface area (Å²) in [4.78, 5) is 13.0. The average Bonchev–Trinajstić information content (AvgIpc) is 3.22. The molecule has 8 heteroatoms. The molecule has 1 amide bonds. The predicted octanol–water partition coefficient (Wildman–Crippen LogP) is 4.42. The van der Waals surface area contributed by atoms with Crippen LogP contribution in [0.4, 0.5) is 5.69 Å². The molecule has 0 saturated heterocycles. The lowest BCUT2D eigenvalue weighted by Crippen LogP contribution is -2.26. The van der Waals surface area contributed by atoms with Crippen molar-refractivity contribution in [3.63, 3.8) is 0 Å². The van der Waals surface area contributed by atoms with Gasteiger partial charge in [-0.3, -0.25) is 4.79 Å². The molecule has 4 aromatic rings. The molecule has 0 aliphatic carbocycles. The van der Waals surface area contributed by atoms with Gasteiger partial charge in [-0.1, -0.05) is 65.8 Å². The molecule has 7 nitrogen and oxygen atoms in total. The summed E-state index contributed by atoms with van der Waals surface area (Å²) < 4.78 is 33.0. The van der Waals surface area contributed by atoms with E-state index in [0.29, 0.717) is 35.7 Å². The summed E-state index contributed by atoms with van der Waals surface area (Å²) in [7, 11) is -3.66. The fourth-order valence-corrected chi connectivity index (χ4v) is 4.43. The van der Waals surface area contributed by atoms with Crippen molar-refractivity contribution in [1.29, 1.82) is 0 Å². The SMILES string of the molecule is Cc1onc(-c2ccccc2)c1C(=O)Nc1ccc(S(=O)(=O)NCCc2ccccc2)cc1. The van der Waals surface area contributed by atoms with E-state index >= 15 is 0 Å². The number of sulfonamides is 1. The van der Waals surface area contributed by atoms with E-state index in [1.54, 1.807) is 19.1 Å². The molecule has 0 aliphatic rings. The van der Waals surface area contributed by atoms with Crippen LogP contribution < -0.4 is 10.0 Å². The van der Waals surface area contributed by atoms with Crippen LogP contribution in [-0.4, -0.2) is 26.0 Å². The number of anilines is 1. The van der Waals surface area contributed by atoms with Crippen molar-refractivity contribution < 1.29 is 17.7 Å². The summed E-state index contributed by atoms with van der Waals surface area (Å²) in [6.07, 6.45) is 0.593. The first-order valence-corrected chi connectivity index (χ1v) is 11.9. The second-order valence-corrected chi connectivity index (χ2v) is 9.21. The molecule has 168 valence electrons. The van der Waals surface area contributed by atoms with Crippen LogP contribution in [0.1, 0.15) is 21.7 Å². The Hall–Kier alpha value is -3.75. The number of aryl methyl sites for hydroxylation is 1. The van der Waals surface area contributed by atoms with Crippen LogP contribution in [0.25, 0.3) is 11.3 Å². The van der Waals surface area contributed by atoms with Crippen LogP contribution in [0.2, 0.25) is 0 Å². The van der Waals surface area contributed by atoms with E-state index in [4.69, 9.17) is 4.52 Å². The predicted molar refractivity (Wildman–Crippen MR) is 126 cm³/mol. The molecular formula is C25H23N3O4S. The van der Waals surface area contributed by atoms with Gasteiger partial charge in [0.05, 0.1) is 4.90 Å². The molecule has 0 unspecified atom stereocenters. The Kier molecular flexibility index (Phi) is 6.67. The van der Waals surface area contributed by atoms with E-state index in [-0.39, 0.29) is 10.8 Å². The molecule has 4 rings (SSSR count). The first kappa shape index (κ1) is 22.4. The van der Waals surface area contributed by atoms with Gasteiger partial charge in [0, 0.05) is 17.8 Å². The van der Waals surface area contributed by atoms with Gasteiger partial charge in [-0.25, -0.2) is 13.1 Å². The third kappa shape index (κ3) is 5.36. The standard InChI is InChI=1S/C25H23N3O4S/c1-18-23(24(28-32-18)20-10-6-3-7-11-20)25(29)27-21-12-14-22(15-13-21)33(30,31)26-17-16-19-8-4-2-5-9-19/h2-15,26H,16-17H2,1H3,(H,27,29). The number of amides is 1. The summed E-state index contributed by atoms with van der Waals surface area (Å²) >= 11 is 0. The van der Waals surface area contributed by atoms with Crippen molar-refractivity contribution in [2.45, 2.75) is 18.2 Å². The number of nitrogens with one attached hydrogen (secondary N) is 2. The average molecular weight is 462 g/mol. The highest BCUT2D eigenvalue weighted by molar-refractivity contribution is 7.89. The van der Waals surface area contributed by atoms with E-state index in [2.05, 4.69) is 15.2 Å². The lowest BCUT2D eigenvalue weighted by molar-refractivity contribution is 0.102. The summed E-state index contributed by atoms with van der Waals surface area (Å²) in [5, 5.41) is 6.81. The smallest absolute Gasteiger partial charge is 0.261 e. The molecule has 0 atom stereocenters. The van der Waals surface area contributed by atoms with Gasteiger partial charge in [-0.05, 0) is 43.2 Å². The number of nitrogens with zero attached hydrogens (tertiary/aromatic N) is 1. The van der Waals surface area contributed by atoms with Gasteiger partial charge >= 0.3 is 0 Å².